The second-order valence-corrected chi connectivity index (χ2v) is 8.64. The van der Waals surface area contributed by atoms with Gasteiger partial charge in [0, 0.05) is 16.5 Å². The summed E-state index contributed by atoms with van der Waals surface area (Å²) in [6.45, 7) is 4.61. The van der Waals surface area contributed by atoms with E-state index in [1.54, 1.807) is 16.8 Å². The highest BCUT2D eigenvalue weighted by Crippen LogP contribution is 2.40. The van der Waals surface area contributed by atoms with Crippen molar-refractivity contribution in [1.29, 1.82) is 0 Å². The predicted molar refractivity (Wildman–Crippen MR) is 129 cm³/mol. The van der Waals surface area contributed by atoms with Crippen LogP contribution in [0.2, 0.25) is 0 Å². The molecule has 0 spiro atoms. The lowest BCUT2D eigenvalue weighted by atomic mass is 9.99. The monoisotopic (exact) mass is 444 g/mol. The summed E-state index contributed by atoms with van der Waals surface area (Å²) in [4.78, 5) is 18.3. The van der Waals surface area contributed by atoms with Gasteiger partial charge < -0.3 is 4.74 Å². The van der Waals surface area contributed by atoms with Crippen molar-refractivity contribution in [3.63, 3.8) is 0 Å². The molecular weight excluding hydrogens is 420 g/mol. The molecule has 1 unspecified atom stereocenters. The molecule has 0 saturated carbocycles. The molecule has 7 heteroatoms. The van der Waals surface area contributed by atoms with Gasteiger partial charge in [0.2, 0.25) is 0 Å². The first-order chi connectivity index (χ1) is 15.7. The van der Waals surface area contributed by atoms with Crippen molar-refractivity contribution < 1.29 is 9.53 Å². The van der Waals surface area contributed by atoms with Gasteiger partial charge in [-0.1, -0.05) is 67.2 Å². The zero-order chi connectivity index (χ0) is 22.1. The van der Waals surface area contributed by atoms with Crippen molar-refractivity contribution >= 4 is 39.3 Å². The fourth-order valence-corrected chi connectivity index (χ4v) is 4.81. The fraction of sp³-hybridized carbons (Fsp3) is 0.240. The van der Waals surface area contributed by atoms with Crippen LogP contribution in [-0.2, 0) is 4.79 Å². The minimum Gasteiger partial charge on any atom is -0.493 e. The Kier molecular flexibility index (Phi) is 5.57. The molecule has 0 saturated heterocycles. The minimum atomic E-state index is -0.518. The fourth-order valence-electron chi connectivity index (χ4n) is 4.10. The standard InChI is InChI=1S/C25H24N4O2S/c1-3-15-32-25-27-24(30)22-18-11-7-8-12-19(18)26-23(29(22)28-25)21-17-10-6-5-9-16(17)13-14-20(21)31-4-2/h5-14,23H,3-4,15H2,1-2H3,(H,27,28,30). The molecule has 162 valence electrons. The topological polar surface area (TPSA) is 66.3 Å². The number of fused-ring (bicyclic) bond motifs is 3. The number of carbonyl (C=O) groups excluding carboxylic acids is 1. The number of amidine groups is 1. The van der Waals surface area contributed by atoms with Gasteiger partial charge in [-0.3, -0.25) is 15.1 Å². The van der Waals surface area contributed by atoms with Crippen molar-refractivity contribution in [2.45, 2.75) is 26.4 Å². The molecule has 3 aromatic carbocycles. The zero-order valence-corrected chi connectivity index (χ0v) is 18.9. The van der Waals surface area contributed by atoms with E-state index in [0.29, 0.717) is 17.5 Å². The normalized spacial score (nSPS) is 17.2. The lowest BCUT2D eigenvalue weighted by molar-refractivity contribution is -0.116. The van der Waals surface area contributed by atoms with E-state index in [9.17, 15) is 4.79 Å². The van der Waals surface area contributed by atoms with E-state index in [-0.39, 0.29) is 5.91 Å². The summed E-state index contributed by atoms with van der Waals surface area (Å²) in [5.41, 5.74) is 1.42. The molecule has 1 N–H and O–H groups in total. The molecule has 0 bridgehead atoms. The summed E-state index contributed by atoms with van der Waals surface area (Å²) in [5.74, 6) is 1.46. The third kappa shape index (κ3) is 3.52. The number of thioether (sulfide) groups is 1. The highest BCUT2D eigenvalue weighted by Gasteiger charge is 2.36. The highest BCUT2D eigenvalue weighted by molar-refractivity contribution is 8.13. The van der Waals surface area contributed by atoms with Crippen molar-refractivity contribution in [3.8, 4) is 5.75 Å². The lowest BCUT2D eigenvalue weighted by Crippen LogP contribution is -2.50. The summed E-state index contributed by atoms with van der Waals surface area (Å²) in [6, 6.07) is 19.9. The number of hydrogen-bond donors (Lipinski definition) is 1. The van der Waals surface area contributed by atoms with Crippen molar-refractivity contribution in [1.82, 2.24) is 10.3 Å². The first-order valence-electron chi connectivity index (χ1n) is 10.8. The number of nitrogens with zero attached hydrogens (tertiary/aromatic N) is 3. The third-order valence-electron chi connectivity index (χ3n) is 5.45. The maximum Gasteiger partial charge on any atom is 0.276 e. The van der Waals surface area contributed by atoms with E-state index in [1.807, 2.05) is 49.4 Å². The highest BCUT2D eigenvalue weighted by atomic mass is 32.2. The number of amides is 1. The Morgan fingerprint density at radius 3 is 2.72 bits per heavy atom. The first-order valence-corrected chi connectivity index (χ1v) is 11.8. The molecule has 0 aromatic heterocycles. The smallest absolute Gasteiger partial charge is 0.276 e. The zero-order valence-electron chi connectivity index (χ0n) is 18.0. The molecular formula is C25H24N4O2S. The third-order valence-corrected chi connectivity index (χ3v) is 6.52. The molecule has 2 aliphatic rings. The van der Waals surface area contributed by atoms with Gasteiger partial charge in [0.15, 0.2) is 11.3 Å². The largest absolute Gasteiger partial charge is 0.493 e. The van der Waals surface area contributed by atoms with Crippen LogP contribution in [0.1, 0.15) is 32.0 Å². The van der Waals surface area contributed by atoms with E-state index >= 15 is 0 Å². The number of nitrogens with one attached hydrogen (secondary N) is 1. The van der Waals surface area contributed by atoms with Crippen LogP contribution in [0.15, 0.2) is 70.8 Å². The Bertz CT molecular complexity index is 1350. The summed E-state index contributed by atoms with van der Waals surface area (Å²) in [6.07, 6.45) is 0.473. The van der Waals surface area contributed by atoms with E-state index in [2.05, 4.69) is 30.4 Å². The number of carbonyl (C=O) groups is 1. The Morgan fingerprint density at radius 1 is 1.06 bits per heavy atom. The molecule has 1 atom stereocenters. The van der Waals surface area contributed by atoms with Crippen LogP contribution in [0.3, 0.4) is 0 Å². The SMILES string of the molecule is CCCSC1=NN2C(=c3ccccc3=NC2c2c(OCC)ccc3ccccc23)C(=O)N1. The maximum atomic E-state index is 13.3. The second kappa shape index (κ2) is 8.67. The van der Waals surface area contributed by atoms with Crippen LogP contribution >= 0.6 is 11.8 Å². The average Bonchev–Trinajstić information content (AvgIpc) is 2.82. The van der Waals surface area contributed by atoms with E-state index in [0.717, 1.165) is 44.8 Å². The number of hydrazone groups is 1. The minimum absolute atomic E-state index is 0.163. The number of para-hydroxylation sites is 1. The van der Waals surface area contributed by atoms with Crippen LogP contribution in [0.5, 0.6) is 5.75 Å². The van der Waals surface area contributed by atoms with Gasteiger partial charge in [-0.25, -0.2) is 5.01 Å². The molecule has 6 nitrogen and oxygen atoms in total. The number of rotatable bonds is 5. The Hall–Kier alpha value is -3.32. The van der Waals surface area contributed by atoms with E-state index in [4.69, 9.17) is 14.8 Å². The summed E-state index contributed by atoms with van der Waals surface area (Å²) >= 11 is 1.54. The maximum absolute atomic E-state index is 13.3. The number of benzene rings is 3. The molecule has 1 amide bonds. The van der Waals surface area contributed by atoms with Crippen molar-refractivity contribution in [3.05, 3.63) is 76.8 Å². The van der Waals surface area contributed by atoms with Gasteiger partial charge >= 0.3 is 0 Å². The molecule has 32 heavy (non-hydrogen) atoms. The van der Waals surface area contributed by atoms with Gasteiger partial charge in [0.05, 0.1) is 12.0 Å². The summed E-state index contributed by atoms with van der Waals surface area (Å²) in [5, 5.41) is 13.9. The van der Waals surface area contributed by atoms with Gasteiger partial charge in [-0.05, 0) is 36.2 Å². The summed E-state index contributed by atoms with van der Waals surface area (Å²) < 4.78 is 6.03. The second-order valence-electron chi connectivity index (χ2n) is 7.55. The van der Waals surface area contributed by atoms with E-state index in [1.165, 1.54) is 0 Å². The van der Waals surface area contributed by atoms with Crippen LogP contribution in [-0.4, -0.2) is 28.4 Å². The number of ether oxygens (including phenoxy) is 1. The van der Waals surface area contributed by atoms with Crippen LogP contribution < -0.4 is 20.6 Å². The predicted octanol–water partition coefficient (Wildman–Crippen LogP) is 3.52. The molecule has 2 heterocycles. The molecule has 5 rings (SSSR count). The van der Waals surface area contributed by atoms with Gasteiger partial charge in [-0.2, -0.15) is 0 Å². The number of hydrogen-bond acceptors (Lipinski definition) is 6. The molecule has 0 fully saturated rings. The first kappa shape index (κ1) is 20.6. The summed E-state index contributed by atoms with van der Waals surface area (Å²) in [7, 11) is 0. The van der Waals surface area contributed by atoms with Gasteiger partial charge in [-0.15, -0.1) is 5.10 Å². The lowest BCUT2D eigenvalue weighted by Gasteiger charge is -2.35. The molecule has 0 aliphatic carbocycles. The molecule has 0 radical (unpaired) electrons. The van der Waals surface area contributed by atoms with Crippen molar-refractivity contribution in [2.75, 3.05) is 12.4 Å². The Morgan fingerprint density at radius 2 is 1.88 bits per heavy atom. The molecule has 3 aromatic rings. The van der Waals surface area contributed by atoms with Crippen molar-refractivity contribution in [2.24, 2.45) is 10.1 Å². The van der Waals surface area contributed by atoms with Crippen LogP contribution in [0, 0.1) is 0 Å². The Labute approximate surface area is 190 Å². The Balaban J connectivity index is 1.79. The quantitative estimate of drug-likeness (QED) is 0.654. The average molecular weight is 445 g/mol. The van der Waals surface area contributed by atoms with Crippen LogP contribution in [0.4, 0.5) is 0 Å². The van der Waals surface area contributed by atoms with Crippen LogP contribution in [0.25, 0.3) is 16.5 Å². The molecule has 2 aliphatic heterocycles. The van der Waals surface area contributed by atoms with Gasteiger partial charge in [0.25, 0.3) is 5.91 Å². The van der Waals surface area contributed by atoms with E-state index < -0.39 is 6.17 Å². The van der Waals surface area contributed by atoms with Gasteiger partial charge in [0.1, 0.15) is 11.4 Å².